The van der Waals surface area contributed by atoms with Crippen molar-refractivity contribution in [1.82, 2.24) is 5.32 Å². The maximum Gasteiger partial charge on any atom is 0.224 e. The molecule has 1 aliphatic heterocycles. The van der Waals surface area contributed by atoms with E-state index >= 15 is 0 Å². The Balaban J connectivity index is 0.00000208. The zero-order valence-electron chi connectivity index (χ0n) is 13.5. The summed E-state index contributed by atoms with van der Waals surface area (Å²) in [5, 5.41) is 3.00. The molecule has 0 aromatic heterocycles. The summed E-state index contributed by atoms with van der Waals surface area (Å²) in [6.45, 7) is 3.07. The van der Waals surface area contributed by atoms with E-state index in [1.165, 1.54) is 0 Å². The highest BCUT2D eigenvalue weighted by molar-refractivity contribution is 5.85. The van der Waals surface area contributed by atoms with Gasteiger partial charge in [0.05, 0.1) is 12.5 Å². The summed E-state index contributed by atoms with van der Waals surface area (Å²) in [5.74, 6) is 1.45. The van der Waals surface area contributed by atoms with E-state index in [4.69, 9.17) is 15.2 Å². The first-order valence-electron chi connectivity index (χ1n) is 7.65. The average molecular weight is 349 g/mol. The zero-order valence-corrected chi connectivity index (χ0v) is 14.3. The van der Waals surface area contributed by atoms with Crippen LogP contribution in [0.25, 0.3) is 0 Å². The van der Waals surface area contributed by atoms with Crippen LogP contribution in [0.4, 0.5) is 5.69 Å². The molecule has 0 spiro atoms. The minimum Gasteiger partial charge on any atom is -0.486 e. The largest absolute Gasteiger partial charge is 0.486 e. The molecule has 128 valence electrons. The van der Waals surface area contributed by atoms with Crippen molar-refractivity contribution in [2.45, 2.75) is 19.4 Å². The van der Waals surface area contributed by atoms with Crippen LogP contribution in [0, 0.1) is 0 Å². The van der Waals surface area contributed by atoms with Crippen molar-refractivity contribution in [3.8, 4) is 11.5 Å². The van der Waals surface area contributed by atoms with Crippen molar-refractivity contribution in [1.29, 1.82) is 0 Å². The maximum absolute atomic E-state index is 12.2. The van der Waals surface area contributed by atoms with Gasteiger partial charge in [-0.3, -0.25) is 4.79 Å². The van der Waals surface area contributed by atoms with Gasteiger partial charge in [0.1, 0.15) is 13.2 Å². The van der Waals surface area contributed by atoms with Gasteiger partial charge in [-0.15, -0.1) is 12.4 Å². The van der Waals surface area contributed by atoms with E-state index in [-0.39, 0.29) is 24.4 Å². The number of anilines is 1. The normalized spacial score (nSPS) is 13.5. The molecule has 1 unspecified atom stereocenters. The SMILES string of the molecule is CC(NC(=O)Cc1ccc(N)cc1)c1ccc2c(c1)OCCO2.Cl. The van der Waals surface area contributed by atoms with E-state index < -0.39 is 0 Å². The van der Waals surface area contributed by atoms with Gasteiger partial charge in [0.2, 0.25) is 5.91 Å². The Kier molecular flexibility index (Phi) is 5.93. The molecule has 2 aromatic carbocycles. The molecule has 0 aliphatic carbocycles. The Morgan fingerprint density at radius 1 is 1.12 bits per heavy atom. The Hall–Kier alpha value is -2.40. The number of amides is 1. The van der Waals surface area contributed by atoms with Gasteiger partial charge in [0.15, 0.2) is 11.5 Å². The lowest BCUT2D eigenvalue weighted by Crippen LogP contribution is -2.28. The van der Waals surface area contributed by atoms with Crippen LogP contribution in [0.2, 0.25) is 0 Å². The number of carbonyl (C=O) groups is 1. The summed E-state index contributed by atoms with van der Waals surface area (Å²) in [6, 6.07) is 13.0. The first-order chi connectivity index (χ1) is 11.1. The van der Waals surface area contributed by atoms with E-state index in [2.05, 4.69) is 5.32 Å². The lowest BCUT2D eigenvalue weighted by molar-refractivity contribution is -0.121. The van der Waals surface area contributed by atoms with Gasteiger partial charge < -0.3 is 20.5 Å². The third kappa shape index (κ3) is 4.32. The molecular formula is C18H21ClN2O3. The van der Waals surface area contributed by atoms with Crippen LogP contribution in [-0.4, -0.2) is 19.1 Å². The molecular weight excluding hydrogens is 328 g/mol. The topological polar surface area (TPSA) is 73.6 Å². The molecule has 0 radical (unpaired) electrons. The molecule has 0 fully saturated rings. The van der Waals surface area contributed by atoms with Crippen LogP contribution in [0.1, 0.15) is 24.1 Å². The number of benzene rings is 2. The van der Waals surface area contributed by atoms with Gasteiger partial charge in [-0.2, -0.15) is 0 Å². The van der Waals surface area contributed by atoms with Gasteiger partial charge in [-0.1, -0.05) is 18.2 Å². The lowest BCUT2D eigenvalue weighted by atomic mass is 10.1. The van der Waals surface area contributed by atoms with E-state index in [0.717, 1.165) is 22.6 Å². The third-order valence-corrected chi connectivity index (χ3v) is 3.79. The smallest absolute Gasteiger partial charge is 0.224 e. The van der Waals surface area contributed by atoms with Gasteiger partial charge in [-0.05, 0) is 42.3 Å². The third-order valence-electron chi connectivity index (χ3n) is 3.79. The summed E-state index contributed by atoms with van der Waals surface area (Å²) in [7, 11) is 0. The lowest BCUT2D eigenvalue weighted by Gasteiger charge is -2.21. The fraction of sp³-hybridized carbons (Fsp3) is 0.278. The highest BCUT2D eigenvalue weighted by Gasteiger charge is 2.15. The fourth-order valence-corrected chi connectivity index (χ4v) is 2.53. The number of hydrogen-bond acceptors (Lipinski definition) is 4. The van der Waals surface area contributed by atoms with E-state index in [1.54, 1.807) is 12.1 Å². The Bertz CT molecular complexity index is 704. The molecule has 1 amide bonds. The molecule has 24 heavy (non-hydrogen) atoms. The quantitative estimate of drug-likeness (QED) is 0.833. The molecule has 0 saturated heterocycles. The minimum absolute atomic E-state index is 0. The minimum atomic E-state index is -0.105. The Morgan fingerprint density at radius 2 is 1.79 bits per heavy atom. The number of nitrogens with two attached hydrogens (primary N) is 1. The molecule has 0 saturated carbocycles. The number of hydrogen-bond donors (Lipinski definition) is 2. The number of nitrogen functional groups attached to an aromatic ring is 1. The van der Waals surface area contributed by atoms with Crippen molar-refractivity contribution in [3.63, 3.8) is 0 Å². The second-order valence-corrected chi connectivity index (χ2v) is 5.61. The second-order valence-electron chi connectivity index (χ2n) is 5.61. The molecule has 3 N–H and O–H groups in total. The van der Waals surface area contributed by atoms with E-state index in [1.807, 2.05) is 37.3 Å². The fourth-order valence-electron chi connectivity index (χ4n) is 2.53. The molecule has 1 aliphatic rings. The van der Waals surface area contributed by atoms with E-state index in [0.29, 0.717) is 25.3 Å². The summed E-state index contributed by atoms with van der Waals surface area (Å²) in [5.41, 5.74) is 8.26. The number of halogens is 1. The summed E-state index contributed by atoms with van der Waals surface area (Å²) in [4.78, 5) is 12.2. The summed E-state index contributed by atoms with van der Waals surface area (Å²) < 4.78 is 11.1. The number of fused-ring (bicyclic) bond motifs is 1. The van der Waals surface area contributed by atoms with Gasteiger partial charge in [0.25, 0.3) is 0 Å². The zero-order chi connectivity index (χ0) is 16.2. The molecule has 0 bridgehead atoms. The number of ether oxygens (including phenoxy) is 2. The van der Waals surface area contributed by atoms with Crippen LogP contribution in [0.3, 0.4) is 0 Å². The average Bonchev–Trinajstić information content (AvgIpc) is 2.56. The molecule has 6 heteroatoms. The van der Waals surface area contributed by atoms with Crippen LogP contribution >= 0.6 is 12.4 Å². The maximum atomic E-state index is 12.2. The van der Waals surface area contributed by atoms with Crippen molar-refractivity contribution in [2.24, 2.45) is 0 Å². The first-order valence-corrected chi connectivity index (χ1v) is 7.65. The molecule has 3 rings (SSSR count). The number of rotatable bonds is 4. The Labute approximate surface area is 147 Å². The molecule has 1 atom stereocenters. The highest BCUT2D eigenvalue weighted by Crippen LogP contribution is 2.32. The van der Waals surface area contributed by atoms with Crippen LogP contribution in [-0.2, 0) is 11.2 Å². The van der Waals surface area contributed by atoms with Crippen LogP contribution in [0.15, 0.2) is 42.5 Å². The van der Waals surface area contributed by atoms with Crippen LogP contribution < -0.4 is 20.5 Å². The first kappa shape index (κ1) is 17.9. The summed E-state index contributed by atoms with van der Waals surface area (Å²) in [6.07, 6.45) is 0.329. The number of carbonyl (C=O) groups excluding carboxylic acids is 1. The van der Waals surface area contributed by atoms with Crippen molar-refractivity contribution < 1.29 is 14.3 Å². The van der Waals surface area contributed by atoms with E-state index in [9.17, 15) is 4.79 Å². The highest BCUT2D eigenvalue weighted by atomic mass is 35.5. The predicted molar refractivity (Wildman–Crippen MR) is 95.8 cm³/mol. The standard InChI is InChI=1S/C18H20N2O3.ClH/c1-12(14-4-7-16-17(11-14)23-9-8-22-16)20-18(21)10-13-2-5-15(19)6-3-13;/h2-7,11-12H,8-10,19H2,1H3,(H,20,21);1H. The molecule has 1 heterocycles. The van der Waals surface area contributed by atoms with Gasteiger partial charge in [-0.25, -0.2) is 0 Å². The number of nitrogens with one attached hydrogen (secondary N) is 1. The molecule has 2 aromatic rings. The van der Waals surface area contributed by atoms with Gasteiger partial charge >= 0.3 is 0 Å². The predicted octanol–water partition coefficient (Wildman–Crippen LogP) is 2.88. The van der Waals surface area contributed by atoms with Crippen molar-refractivity contribution in [3.05, 3.63) is 53.6 Å². The van der Waals surface area contributed by atoms with Crippen molar-refractivity contribution in [2.75, 3.05) is 18.9 Å². The van der Waals surface area contributed by atoms with Gasteiger partial charge in [0, 0.05) is 5.69 Å². The van der Waals surface area contributed by atoms with Crippen LogP contribution in [0.5, 0.6) is 11.5 Å². The summed E-state index contributed by atoms with van der Waals surface area (Å²) >= 11 is 0. The second kappa shape index (κ2) is 7.93. The molecule has 5 nitrogen and oxygen atoms in total. The monoisotopic (exact) mass is 348 g/mol. The van der Waals surface area contributed by atoms with Crippen molar-refractivity contribution >= 4 is 24.0 Å². The Morgan fingerprint density at radius 3 is 2.50 bits per heavy atom.